The maximum atomic E-state index is 12.9. The number of rotatable bonds is 7. The molecule has 3 rings (SSSR count). The second kappa shape index (κ2) is 8.82. The lowest BCUT2D eigenvalue weighted by atomic mass is 10.1. The van der Waals surface area contributed by atoms with Crippen molar-refractivity contribution >= 4 is 5.91 Å². The predicted molar refractivity (Wildman–Crippen MR) is 112 cm³/mol. The summed E-state index contributed by atoms with van der Waals surface area (Å²) in [5.74, 6) is 1.46. The summed E-state index contributed by atoms with van der Waals surface area (Å²) in [6, 6.07) is 13.4. The van der Waals surface area contributed by atoms with Gasteiger partial charge in [0, 0.05) is 31.4 Å². The highest BCUT2D eigenvalue weighted by Crippen LogP contribution is 2.25. The van der Waals surface area contributed by atoms with Crippen molar-refractivity contribution in [2.45, 2.75) is 27.0 Å². The molecule has 0 N–H and O–H groups in total. The number of nitrogens with zero attached hydrogens (tertiary/aromatic N) is 3. The molecule has 1 amide bonds. The predicted octanol–water partition coefficient (Wildman–Crippen LogP) is 3.90. The molecule has 0 atom stereocenters. The van der Waals surface area contributed by atoms with Crippen LogP contribution in [0.25, 0.3) is 0 Å². The van der Waals surface area contributed by atoms with E-state index in [1.807, 2.05) is 51.2 Å². The number of aryl methyl sites for hydroxylation is 3. The molecule has 3 aromatic rings. The van der Waals surface area contributed by atoms with Gasteiger partial charge >= 0.3 is 0 Å². The molecule has 2 aromatic carbocycles. The number of benzene rings is 2. The van der Waals surface area contributed by atoms with Crippen LogP contribution in [0.1, 0.15) is 32.7 Å². The molecule has 0 aliphatic heterocycles. The molecule has 0 fully saturated rings. The van der Waals surface area contributed by atoms with Crippen LogP contribution in [0.15, 0.2) is 48.7 Å². The number of ether oxygens (including phenoxy) is 2. The van der Waals surface area contributed by atoms with Gasteiger partial charge in [0.1, 0.15) is 18.1 Å². The Morgan fingerprint density at radius 3 is 2.59 bits per heavy atom. The van der Waals surface area contributed by atoms with Gasteiger partial charge in [-0.15, -0.1) is 0 Å². The molecule has 6 nitrogen and oxygen atoms in total. The maximum absolute atomic E-state index is 12.9. The van der Waals surface area contributed by atoms with Crippen molar-refractivity contribution in [2.24, 2.45) is 7.05 Å². The third-order valence-corrected chi connectivity index (χ3v) is 4.92. The van der Waals surface area contributed by atoms with Gasteiger partial charge in [-0.3, -0.25) is 9.48 Å². The van der Waals surface area contributed by atoms with Crippen molar-refractivity contribution in [2.75, 3.05) is 14.2 Å². The van der Waals surface area contributed by atoms with Gasteiger partial charge in [0.15, 0.2) is 0 Å². The quantitative estimate of drug-likeness (QED) is 0.611. The second-order valence-corrected chi connectivity index (χ2v) is 7.19. The molecule has 0 unspecified atom stereocenters. The van der Waals surface area contributed by atoms with Crippen LogP contribution in [0, 0.1) is 13.8 Å². The Morgan fingerprint density at radius 1 is 1.10 bits per heavy atom. The van der Waals surface area contributed by atoms with Crippen LogP contribution in [0.4, 0.5) is 0 Å². The summed E-state index contributed by atoms with van der Waals surface area (Å²) in [5.41, 5.74) is 4.59. The minimum atomic E-state index is -0.0677. The van der Waals surface area contributed by atoms with E-state index in [0.29, 0.717) is 24.5 Å². The van der Waals surface area contributed by atoms with Crippen molar-refractivity contribution in [3.63, 3.8) is 0 Å². The van der Waals surface area contributed by atoms with Crippen LogP contribution < -0.4 is 9.47 Å². The highest BCUT2D eigenvalue weighted by molar-refractivity contribution is 5.94. The van der Waals surface area contributed by atoms with E-state index in [1.54, 1.807) is 36.0 Å². The van der Waals surface area contributed by atoms with Crippen molar-refractivity contribution < 1.29 is 14.3 Å². The molecular weight excluding hydrogens is 366 g/mol. The van der Waals surface area contributed by atoms with Crippen molar-refractivity contribution in [1.82, 2.24) is 14.7 Å². The molecule has 0 bridgehead atoms. The zero-order valence-electron chi connectivity index (χ0n) is 17.6. The van der Waals surface area contributed by atoms with Gasteiger partial charge in [-0.1, -0.05) is 12.1 Å². The van der Waals surface area contributed by atoms with Gasteiger partial charge < -0.3 is 14.4 Å². The van der Waals surface area contributed by atoms with Crippen LogP contribution in [0.3, 0.4) is 0 Å². The normalized spacial score (nSPS) is 10.7. The van der Waals surface area contributed by atoms with E-state index in [4.69, 9.17) is 9.47 Å². The lowest BCUT2D eigenvalue weighted by Crippen LogP contribution is -2.27. The maximum Gasteiger partial charge on any atom is 0.253 e. The molecule has 6 heteroatoms. The van der Waals surface area contributed by atoms with Crippen LogP contribution in [-0.4, -0.2) is 34.7 Å². The largest absolute Gasteiger partial charge is 0.496 e. The number of hydrogen-bond donors (Lipinski definition) is 0. The summed E-state index contributed by atoms with van der Waals surface area (Å²) < 4.78 is 13.3. The van der Waals surface area contributed by atoms with E-state index in [0.717, 1.165) is 28.1 Å². The van der Waals surface area contributed by atoms with Gasteiger partial charge in [-0.25, -0.2) is 0 Å². The molecule has 0 aliphatic rings. The molecule has 0 saturated carbocycles. The molecule has 0 radical (unpaired) electrons. The van der Waals surface area contributed by atoms with Crippen molar-refractivity contribution in [1.29, 1.82) is 0 Å². The van der Waals surface area contributed by atoms with Crippen molar-refractivity contribution in [3.05, 3.63) is 76.6 Å². The highest BCUT2D eigenvalue weighted by atomic mass is 16.5. The summed E-state index contributed by atoms with van der Waals surface area (Å²) in [7, 11) is 5.27. The third-order valence-electron chi connectivity index (χ3n) is 4.92. The third kappa shape index (κ3) is 4.77. The fourth-order valence-electron chi connectivity index (χ4n) is 3.13. The SMILES string of the molecule is COc1ccc(C(=O)N(C)Cc2ccnn2C)cc1COc1cc(C)ccc1C. The fourth-order valence-corrected chi connectivity index (χ4v) is 3.13. The zero-order valence-corrected chi connectivity index (χ0v) is 17.6. The van der Waals surface area contributed by atoms with Crippen molar-refractivity contribution in [3.8, 4) is 11.5 Å². The van der Waals surface area contributed by atoms with Crippen LogP contribution >= 0.6 is 0 Å². The standard InChI is InChI=1S/C23H27N3O3/c1-16-6-7-17(2)22(12-16)29-15-19-13-18(8-9-21(19)28-5)23(27)25(3)14-20-10-11-24-26(20)4/h6-13H,14-15H2,1-5H3. The average molecular weight is 393 g/mol. The molecule has 152 valence electrons. The van der Waals surface area contributed by atoms with Gasteiger partial charge in [0.05, 0.1) is 19.3 Å². The van der Waals surface area contributed by atoms with E-state index in [9.17, 15) is 4.79 Å². The lowest BCUT2D eigenvalue weighted by molar-refractivity contribution is 0.0781. The molecule has 1 aromatic heterocycles. The fraction of sp³-hybridized carbons (Fsp3) is 0.304. The molecule has 29 heavy (non-hydrogen) atoms. The number of methoxy groups -OCH3 is 1. The Labute approximate surface area is 171 Å². The first-order valence-corrected chi connectivity index (χ1v) is 9.48. The van der Waals surface area contributed by atoms with Gasteiger partial charge in [-0.2, -0.15) is 5.10 Å². The van der Waals surface area contributed by atoms with Crippen LogP contribution in [0.2, 0.25) is 0 Å². The summed E-state index contributed by atoms with van der Waals surface area (Å²) in [6.07, 6.45) is 1.73. The van der Waals surface area contributed by atoms with Crippen LogP contribution in [0.5, 0.6) is 11.5 Å². The minimum Gasteiger partial charge on any atom is -0.496 e. The number of aromatic nitrogens is 2. The first-order valence-electron chi connectivity index (χ1n) is 9.48. The number of carbonyl (C=O) groups is 1. The Bertz CT molecular complexity index is 1010. The van der Waals surface area contributed by atoms with Gasteiger partial charge in [-0.05, 0) is 55.3 Å². The summed E-state index contributed by atoms with van der Waals surface area (Å²) in [6.45, 7) is 4.85. The Morgan fingerprint density at radius 2 is 1.90 bits per heavy atom. The molecular formula is C23H27N3O3. The Kier molecular flexibility index (Phi) is 6.22. The lowest BCUT2D eigenvalue weighted by Gasteiger charge is -2.19. The average Bonchev–Trinajstić information content (AvgIpc) is 3.12. The van der Waals surface area contributed by atoms with Crippen LogP contribution in [-0.2, 0) is 20.2 Å². The Hall–Kier alpha value is -3.28. The monoisotopic (exact) mass is 393 g/mol. The van der Waals surface area contributed by atoms with E-state index < -0.39 is 0 Å². The molecule has 0 saturated heterocycles. The first kappa shape index (κ1) is 20.5. The topological polar surface area (TPSA) is 56.6 Å². The van der Waals surface area contributed by atoms with E-state index in [2.05, 4.69) is 11.2 Å². The first-order chi connectivity index (χ1) is 13.9. The summed E-state index contributed by atoms with van der Waals surface area (Å²) >= 11 is 0. The number of carbonyl (C=O) groups excluding carboxylic acids is 1. The zero-order chi connectivity index (χ0) is 21.0. The van der Waals surface area contributed by atoms with Gasteiger partial charge in [0.25, 0.3) is 5.91 Å². The molecule has 1 heterocycles. The van der Waals surface area contributed by atoms with E-state index in [-0.39, 0.29) is 5.91 Å². The molecule has 0 spiro atoms. The second-order valence-electron chi connectivity index (χ2n) is 7.19. The summed E-state index contributed by atoms with van der Waals surface area (Å²) in [4.78, 5) is 14.6. The number of amides is 1. The van der Waals surface area contributed by atoms with E-state index in [1.165, 1.54) is 0 Å². The number of hydrogen-bond acceptors (Lipinski definition) is 4. The highest BCUT2D eigenvalue weighted by Gasteiger charge is 2.16. The smallest absolute Gasteiger partial charge is 0.253 e. The molecule has 0 aliphatic carbocycles. The minimum absolute atomic E-state index is 0.0677. The summed E-state index contributed by atoms with van der Waals surface area (Å²) in [5, 5.41) is 4.15. The van der Waals surface area contributed by atoms with E-state index >= 15 is 0 Å². The van der Waals surface area contributed by atoms with Gasteiger partial charge in [0.2, 0.25) is 0 Å². The Balaban J connectivity index is 1.78.